The maximum atomic E-state index is 4.25. The van der Waals surface area contributed by atoms with Gasteiger partial charge in [0.1, 0.15) is 0 Å². The Morgan fingerprint density at radius 2 is 1.90 bits per heavy atom. The fourth-order valence-corrected chi connectivity index (χ4v) is 0.944. The van der Waals surface area contributed by atoms with E-state index in [-0.39, 0.29) is 20.3 Å². The molecule has 0 aliphatic rings. The molecule has 1 rings (SSSR count). The molecule has 0 unspecified atom stereocenters. The monoisotopic (exact) mass is 146 g/mol. The van der Waals surface area contributed by atoms with Gasteiger partial charge >= 0.3 is 18.9 Å². The van der Waals surface area contributed by atoms with Crippen LogP contribution in [0, 0.1) is 13.8 Å². The molecule has 0 saturated carbocycles. The van der Waals surface area contributed by atoms with Crippen molar-refractivity contribution in [2.75, 3.05) is 0 Å². The van der Waals surface area contributed by atoms with E-state index in [1.165, 1.54) is 11.1 Å². The number of aryl methyl sites for hydroxylation is 2. The van der Waals surface area contributed by atoms with Gasteiger partial charge in [0.15, 0.2) is 0 Å². The van der Waals surface area contributed by atoms with E-state index in [1.807, 2.05) is 6.07 Å². The van der Waals surface area contributed by atoms with Crippen LogP contribution in [0.1, 0.15) is 12.6 Å². The zero-order chi connectivity index (χ0) is 6.85. The van der Waals surface area contributed by atoms with Crippen LogP contribution in [0.3, 0.4) is 0 Å². The fourth-order valence-electron chi connectivity index (χ4n) is 0.805. The number of hydrogen-bond donors (Lipinski definition) is 1. The molecule has 0 aromatic heterocycles. The van der Waals surface area contributed by atoms with Crippen LogP contribution in [-0.2, 0) is 0 Å². The first kappa shape index (κ1) is 10.2. The summed E-state index contributed by atoms with van der Waals surface area (Å²) in [5.41, 5.74) is 2.55. The summed E-state index contributed by atoms with van der Waals surface area (Å²) in [5, 5.41) is 0. The molecule has 0 atom stereocenters. The van der Waals surface area contributed by atoms with E-state index in [1.54, 1.807) is 0 Å². The minimum Gasteiger partial charge on any atom is -1.00 e. The maximum absolute atomic E-state index is 4.25. The quantitative estimate of drug-likeness (QED) is 0.377. The third-order valence-corrected chi connectivity index (χ3v) is 1.85. The van der Waals surface area contributed by atoms with Crippen LogP contribution < -0.4 is 18.9 Å². The van der Waals surface area contributed by atoms with Gasteiger partial charge in [-0.1, -0.05) is 17.7 Å². The van der Waals surface area contributed by atoms with E-state index >= 15 is 0 Å². The first-order chi connectivity index (χ1) is 4.20. The van der Waals surface area contributed by atoms with E-state index < -0.39 is 0 Å². The Hall–Kier alpha value is 0.167. The summed E-state index contributed by atoms with van der Waals surface area (Å²) in [5.74, 6) is 0. The van der Waals surface area contributed by atoms with E-state index in [9.17, 15) is 0 Å². The van der Waals surface area contributed by atoms with Crippen LogP contribution in [0.2, 0.25) is 0 Å². The van der Waals surface area contributed by atoms with Crippen LogP contribution in [-0.4, -0.2) is 0 Å². The molecule has 1 aromatic rings. The van der Waals surface area contributed by atoms with E-state index in [4.69, 9.17) is 0 Å². The first-order valence-electron chi connectivity index (χ1n) is 2.96. The third-order valence-electron chi connectivity index (χ3n) is 1.35. The standard InChI is InChI=1S/C8H10S.Li.H/c1-6-3-4-8(9)7(2)5-6;;/h3-5,9H,1-2H3;;/q;+1;-1. The number of benzene rings is 1. The van der Waals surface area contributed by atoms with Gasteiger partial charge in [-0.3, -0.25) is 0 Å². The van der Waals surface area contributed by atoms with Crippen LogP contribution in [0.4, 0.5) is 0 Å². The van der Waals surface area contributed by atoms with E-state index in [2.05, 4.69) is 38.6 Å². The molecule has 0 heterocycles. The summed E-state index contributed by atoms with van der Waals surface area (Å²) in [7, 11) is 0. The van der Waals surface area contributed by atoms with Crippen molar-refractivity contribution in [3.05, 3.63) is 29.3 Å². The molecule has 0 fully saturated rings. The molecule has 50 valence electrons. The average molecular weight is 146 g/mol. The summed E-state index contributed by atoms with van der Waals surface area (Å²) < 4.78 is 0. The van der Waals surface area contributed by atoms with Crippen molar-refractivity contribution in [1.29, 1.82) is 0 Å². The van der Waals surface area contributed by atoms with Crippen molar-refractivity contribution in [1.82, 2.24) is 0 Å². The molecule has 0 bridgehead atoms. The van der Waals surface area contributed by atoms with Crippen molar-refractivity contribution < 1.29 is 20.3 Å². The minimum atomic E-state index is 0. The molecule has 1 aromatic carbocycles. The summed E-state index contributed by atoms with van der Waals surface area (Å²) in [6, 6.07) is 6.21. The van der Waals surface area contributed by atoms with Crippen LogP contribution in [0.25, 0.3) is 0 Å². The Labute approximate surface area is 81.1 Å². The normalized spacial score (nSPS) is 8.70. The molecule has 0 N–H and O–H groups in total. The first-order valence-corrected chi connectivity index (χ1v) is 3.41. The zero-order valence-corrected chi connectivity index (χ0v) is 7.57. The smallest absolute Gasteiger partial charge is 1.00 e. The van der Waals surface area contributed by atoms with E-state index in [0.717, 1.165) is 4.90 Å². The molecule has 0 nitrogen and oxygen atoms in total. The molecular weight excluding hydrogens is 135 g/mol. The molecule has 0 aliphatic carbocycles. The van der Waals surface area contributed by atoms with Gasteiger partial charge in [-0.2, -0.15) is 0 Å². The fraction of sp³-hybridized carbons (Fsp3) is 0.250. The molecular formula is C8H11LiS. The van der Waals surface area contributed by atoms with Crippen molar-refractivity contribution in [2.45, 2.75) is 18.7 Å². The number of rotatable bonds is 0. The Morgan fingerprint density at radius 1 is 1.30 bits per heavy atom. The van der Waals surface area contributed by atoms with Gasteiger partial charge in [0.05, 0.1) is 0 Å². The van der Waals surface area contributed by atoms with Crippen LogP contribution in [0.15, 0.2) is 23.1 Å². The number of thiol groups is 1. The second-order valence-corrected chi connectivity index (χ2v) is 2.77. The van der Waals surface area contributed by atoms with Gasteiger partial charge in [0.2, 0.25) is 0 Å². The van der Waals surface area contributed by atoms with Crippen LogP contribution in [0.5, 0.6) is 0 Å². The topological polar surface area (TPSA) is 0 Å². The predicted octanol–water partition coefficient (Wildman–Crippen LogP) is -0.291. The average Bonchev–Trinajstić information content (AvgIpc) is 1.80. The second-order valence-electron chi connectivity index (χ2n) is 2.29. The predicted molar refractivity (Wildman–Crippen MR) is 44.3 cm³/mol. The van der Waals surface area contributed by atoms with Gasteiger partial charge < -0.3 is 1.43 Å². The van der Waals surface area contributed by atoms with Gasteiger partial charge in [-0.25, -0.2) is 0 Å². The Kier molecular flexibility index (Phi) is 4.20. The van der Waals surface area contributed by atoms with Crippen molar-refractivity contribution in [3.8, 4) is 0 Å². The largest absolute Gasteiger partial charge is 1.00 e. The SMILES string of the molecule is Cc1ccc(S)c(C)c1.[H-].[Li+]. The molecule has 2 heteroatoms. The molecule has 0 radical (unpaired) electrons. The van der Waals surface area contributed by atoms with Crippen LogP contribution >= 0.6 is 12.6 Å². The van der Waals surface area contributed by atoms with Gasteiger partial charge in [-0.15, -0.1) is 12.6 Å². The van der Waals surface area contributed by atoms with Crippen molar-refractivity contribution in [2.24, 2.45) is 0 Å². The molecule has 0 amide bonds. The molecule has 0 aliphatic heterocycles. The molecule has 0 saturated heterocycles. The summed E-state index contributed by atoms with van der Waals surface area (Å²) in [4.78, 5) is 1.07. The Morgan fingerprint density at radius 3 is 2.30 bits per heavy atom. The molecule has 0 spiro atoms. The minimum absolute atomic E-state index is 0. The van der Waals surface area contributed by atoms with E-state index in [0.29, 0.717) is 0 Å². The van der Waals surface area contributed by atoms with Crippen molar-refractivity contribution >= 4 is 12.6 Å². The Balaban J connectivity index is 0. The third kappa shape index (κ3) is 2.42. The second kappa shape index (κ2) is 4.13. The maximum Gasteiger partial charge on any atom is 1.00 e. The van der Waals surface area contributed by atoms with Gasteiger partial charge in [-0.05, 0) is 25.5 Å². The zero-order valence-electron chi connectivity index (χ0n) is 7.68. The Bertz CT molecular complexity index is 225. The van der Waals surface area contributed by atoms with Crippen molar-refractivity contribution in [3.63, 3.8) is 0 Å². The molecule has 10 heavy (non-hydrogen) atoms. The van der Waals surface area contributed by atoms with Gasteiger partial charge in [0.25, 0.3) is 0 Å². The number of hydrogen-bond acceptors (Lipinski definition) is 1. The van der Waals surface area contributed by atoms with Gasteiger partial charge in [0, 0.05) is 4.90 Å². The summed E-state index contributed by atoms with van der Waals surface area (Å²) >= 11 is 4.25. The summed E-state index contributed by atoms with van der Waals surface area (Å²) in [6.07, 6.45) is 0. The summed E-state index contributed by atoms with van der Waals surface area (Å²) in [6.45, 7) is 4.15.